The summed E-state index contributed by atoms with van der Waals surface area (Å²) in [6.07, 6.45) is 2.91. The molecule has 0 spiro atoms. The zero-order chi connectivity index (χ0) is 22.6. The second kappa shape index (κ2) is 9.49. The summed E-state index contributed by atoms with van der Waals surface area (Å²) in [7, 11) is 0. The Morgan fingerprint density at radius 1 is 0.848 bits per heavy atom. The summed E-state index contributed by atoms with van der Waals surface area (Å²) in [4.78, 5) is 29.7. The molecule has 0 bridgehead atoms. The summed E-state index contributed by atoms with van der Waals surface area (Å²) < 4.78 is 5.92. The van der Waals surface area contributed by atoms with E-state index in [1.165, 1.54) is 5.56 Å². The maximum absolute atomic E-state index is 13.5. The lowest BCUT2D eigenvalue weighted by Crippen LogP contribution is -2.40. The summed E-state index contributed by atoms with van der Waals surface area (Å²) in [5, 5.41) is 0. The van der Waals surface area contributed by atoms with Gasteiger partial charge in [0, 0.05) is 25.2 Å². The monoisotopic (exact) mass is 440 g/mol. The Balaban J connectivity index is 1.45. The van der Waals surface area contributed by atoms with Gasteiger partial charge >= 0.3 is 0 Å². The fraction of sp³-hybridized carbons (Fsp3) is 0.286. The van der Waals surface area contributed by atoms with Gasteiger partial charge in [-0.15, -0.1) is 0 Å². The molecule has 168 valence electrons. The number of likely N-dealkylation sites (tertiary alicyclic amines) is 1. The molecule has 2 heterocycles. The number of hydrogen-bond donors (Lipinski definition) is 0. The quantitative estimate of drug-likeness (QED) is 0.588. The van der Waals surface area contributed by atoms with Crippen LogP contribution in [0.4, 0.5) is 0 Å². The number of fused-ring (bicyclic) bond motifs is 1. The van der Waals surface area contributed by atoms with E-state index in [0.29, 0.717) is 17.9 Å². The number of benzene rings is 3. The first-order chi connectivity index (χ1) is 16.2. The van der Waals surface area contributed by atoms with Crippen molar-refractivity contribution in [3.63, 3.8) is 0 Å². The summed E-state index contributed by atoms with van der Waals surface area (Å²) in [6.45, 7) is 2.33. The van der Waals surface area contributed by atoms with Gasteiger partial charge in [0.1, 0.15) is 5.75 Å². The van der Waals surface area contributed by atoms with Crippen molar-refractivity contribution >= 4 is 11.8 Å². The van der Waals surface area contributed by atoms with Gasteiger partial charge in [0.05, 0.1) is 6.04 Å². The number of rotatable bonds is 5. The van der Waals surface area contributed by atoms with E-state index in [2.05, 4.69) is 18.2 Å². The van der Waals surface area contributed by atoms with Crippen molar-refractivity contribution in [2.45, 2.75) is 25.3 Å². The van der Waals surface area contributed by atoms with Crippen LogP contribution < -0.4 is 4.74 Å². The lowest BCUT2D eigenvalue weighted by atomic mass is 9.87. The second-order valence-electron chi connectivity index (χ2n) is 8.66. The number of nitrogens with zero attached hydrogens (tertiary/aromatic N) is 2. The summed E-state index contributed by atoms with van der Waals surface area (Å²) in [5.74, 6) is 0.715. The standard InChI is InChI=1S/C28H28N2O3/c31-26(29-16-7-8-17-29)20-33-24-14-13-21-15-18-30(28(32)23-11-5-2-6-12-23)27(25(21)19-24)22-9-3-1-4-10-22/h1-6,9-14,19,27H,7-8,15-18,20H2. The number of ether oxygens (including phenoxy) is 1. The zero-order valence-corrected chi connectivity index (χ0v) is 18.7. The topological polar surface area (TPSA) is 49.9 Å². The van der Waals surface area contributed by atoms with E-state index in [1.807, 2.05) is 70.5 Å². The SMILES string of the molecule is O=C(COc1ccc2c(c1)C(c1ccccc1)N(C(=O)c1ccccc1)CC2)N1CCCC1. The van der Waals surface area contributed by atoms with Crippen LogP contribution in [-0.4, -0.2) is 47.9 Å². The fourth-order valence-corrected chi connectivity index (χ4v) is 4.85. The molecule has 1 saturated heterocycles. The van der Waals surface area contributed by atoms with Crippen LogP contribution in [0.2, 0.25) is 0 Å². The molecule has 0 saturated carbocycles. The van der Waals surface area contributed by atoms with E-state index in [9.17, 15) is 9.59 Å². The molecule has 0 N–H and O–H groups in total. The van der Waals surface area contributed by atoms with Crippen molar-refractivity contribution in [2.24, 2.45) is 0 Å². The Morgan fingerprint density at radius 2 is 1.55 bits per heavy atom. The van der Waals surface area contributed by atoms with Crippen LogP contribution in [0.25, 0.3) is 0 Å². The second-order valence-corrected chi connectivity index (χ2v) is 8.66. The van der Waals surface area contributed by atoms with E-state index >= 15 is 0 Å². The van der Waals surface area contributed by atoms with Crippen LogP contribution in [0, 0.1) is 0 Å². The van der Waals surface area contributed by atoms with Crippen molar-refractivity contribution in [3.05, 3.63) is 101 Å². The normalized spacial score (nSPS) is 17.5. The molecule has 33 heavy (non-hydrogen) atoms. The third kappa shape index (κ3) is 4.49. The minimum absolute atomic E-state index is 0.0191. The Bertz CT molecular complexity index is 1120. The number of hydrogen-bond acceptors (Lipinski definition) is 3. The highest BCUT2D eigenvalue weighted by Gasteiger charge is 2.33. The zero-order valence-electron chi connectivity index (χ0n) is 18.7. The first kappa shape index (κ1) is 21.3. The largest absolute Gasteiger partial charge is 0.484 e. The Morgan fingerprint density at radius 3 is 2.27 bits per heavy atom. The predicted octanol–water partition coefficient (Wildman–Crippen LogP) is 4.48. The minimum atomic E-state index is -0.208. The Labute approximate surface area is 194 Å². The molecule has 1 atom stereocenters. The Kier molecular flexibility index (Phi) is 6.11. The average Bonchev–Trinajstić information content (AvgIpc) is 3.42. The molecule has 5 heteroatoms. The Hall–Kier alpha value is -3.60. The minimum Gasteiger partial charge on any atom is -0.484 e. The van der Waals surface area contributed by atoms with E-state index in [-0.39, 0.29) is 24.5 Å². The van der Waals surface area contributed by atoms with Crippen molar-refractivity contribution in [2.75, 3.05) is 26.2 Å². The van der Waals surface area contributed by atoms with Gasteiger partial charge in [0.2, 0.25) is 0 Å². The van der Waals surface area contributed by atoms with Crippen LogP contribution in [0.3, 0.4) is 0 Å². The van der Waals surface area contributed by atoms with Crippen LogP contribution in [0.5, 0.6) is 5.75 Å². The summed E-state index contributed by atoms with van der Waals surface area (Å²) in [6, 6.07) is 25.4. The maximum atomic E-state index is 13.5. The van der Waals surface area contributed by atoms with Gasteiger partial charge < -0.3 is 14.5 Å². The molecule has 1 unspecified atom stereocenters. The molecule has 1 fully saturated rings. The molecule has 3 aromatic carbocycles. The van der Waals surface area contributed by atoms with Crippen molar-refractivity contribution in [1.29, 1.82) is 0 Å². The fourth-order valence-electron chi connectivity index (χ4n) is 4.85. The van der Waals surface area contributed by atoms with Crippen LogP contribution in [0.1, 0.15) is 45.9 Å². The van der Waals surface area contributed by atoms with E-state index < -0.39 is 0 Å². The molecule has 5 nitrogen and oxygen atoms in total. The average molecular weight is 441 g/mol. The van der Waals surface area contributed by atoms with Crippen molar-refractivity contribution in [3.8, 4) is 5.75 Å². The summed E-state index contributed by atoms with van der Waals surface area (Å²) in [5.41, 5.74) is 4.01. The van der Waals surface area contributed by atoms with Crippen molar-refractivity contribution in [1.82, 2.24) is 9.80 Å². The molecule has 0 aliphatic carbocycles. The molecular formula is C28H28N2O3. The lowest BCUT2D eigenvalue weighted by Gasteiger charge is -2.38. The number of carbonyl (C=O) groups is 2. The lowest BCUT2D eigenvalue weighted by molar-refractivity contribution is -0.132. The van der Waals surface area contributed by atoms with Gasteiger partial charge in [0.15, 0.2) is 6.61 Å². The van der Waals surface area contributed by atoms with Gasteiger partial charge in [-0.1, -0.05) is 54.6 Å². The van der Waals surface area contributed by atoms with E-state index in [4.69, 9.17) is 4.74 Å². The van der Waals surface area contributed by atoms with Crippen molar-refractivity contribution < 1.29 is 14.3 Å². The predicted molar refractivity (Wildman–Crippen MR) is 127 cm³/mol. The molecular weight excluding hydrogens is 412 g/mol. The van der Waals surface area contributed by atoms with Gasteiger partial charge in [0.25, 0.3) is 11.8 Å². The third-order valence-corrected chi connectivity index (χ3v) is 6.56. The molecule has 2 amide bonds. The highest BCUT2D eigenvalue weighted by atomic mass is 16.5. The molecule has 0 aromatic heterocycles. The van der Waals surface area contributed by atoms with Crippen LogP contribution in [-0.2, 0) is 11.2 Å². The number of amides is 2. The van der Waals surface area contributed by atoms with Gasteiger partial charge in [-0.3, -0.25) is 9.59 Å². The molecule has 5 rings (SSSR count). The smallest absolute Gasteiger partial charge is 0.260 e. The van der Waals surface area contributed by atoms with Crippen LogP contribution in [0.15, 0.2) is 78.9 Å². The van der Waals surface area contributed by atoms with E-state index in [1.54, 1.807) is 0 Å². The maximum Gasteiger partial charge on any atom is 0.260 e. The molecule has 0 radical (unpaired) electrons. The van der Waals surface area contributed by atoms with E-state index in [0.717, 1.165) is 43.5 Å². The first-order valence-corrected chi connectivity index (χ1v) is 11.6. The number of carbonyl (C=O) groups excluding carboxylic acids is 2. The molecule has 2 aliphatic heterocycles. The highest BCUT2D eigenvalue weighted by Crippen LogP contribution is 2.38. The summed E-state index contributed by atoms with van der Waals surface area (Å²) >= 11 is 0. The van der Waals surface area contributed by atoms with Gasteiger partial charge in [-0.05, 0) is 60.2 Å². The van der Waals surface area contributed by atoms with Crippen LogP contribution >= 0.6 is 0 Å². The van der Waals surface area contributed by atoms with Gasteiger partial charge in [-0.2, -0.15) is 0 Å². The molecule has 2 aliphatic rings. The highest BCUT2D eigenvalue weighted by molar-refractivity contribution is 5.95. The molecule has 3 aromatic rings. The third-order valence-electron chi connectivity index (χ3n) is 6.56. The van der Waals surface area contributed by atoms with Gasteiger partial charge in [-0.25, -0.2) is 0 Å². The first-order valence-electron chi connectivity index (χ1n) is 11.6.